The monoisotopic (exact) mass is 252 g/mol. The van der Waals surface area contributed by atoms with Crippen molar-refractivity contribution in [2.75, 3.05) is 6.54 Å². The number of thiophene rings is 1. The van der Waals surface area contributed by atoms with Crippen molar-refractivity contribution in [3.63, 3.8) is 0 Å². The molecule has 2 nitrogen and oxygen atoms in total. The third-order valence-corrected chi connectivity index (χ3v) is 5.48. The Labute approximate surface area is 109 Å². The molecule has 3 atom stereocenters. The van der Waals surface area contributed by atoms with E-state index in [2.05, 4.69) is 38.7 Å². The van der Waals surface area contributed by atoms with Crippen LogP contribution in [0.5, 0.6) is 0 Å². The minimum atomic E-state index is 0.382. The fourth-order valence-corrected chi connectivity index (χ4v) is 3.70. The van der Waals surface area contributed by atoms with Crippen molar-refractivity contribution in [2.45, 2.75) is 52.7 Å². The van der Waals surface area contributed by atoms with E-state index in [4.69, 9.17) is 5.73 Å². The van der Waals surface area contributed by atoms with Gasteiger partial charge in [-0.25, -0.2) is 0 Å². The minimum Gasteiger partial charge on any atom is -0.327 e. The first-order chi connectivity index (χ1) is 7.99. The van der Waals surface area contributed by atoms with Crippen molar-refractivity contribution < 1.29 is 0 Å². The summed E-state index contributed by atoms with van der Waals surface area (Å²) in [6, 6.07) is 3.32. The van der Waals surface area contributed by atoms with Gasteiger partial charge in [0.25, 0.3) is 0 Å². The van der Waals surface area contributed by atoms with E-state index < -0.39 is 0 Å². The van der Waals surface area contributed by atoms with Crippen molar-refractivity contribution in [2.24, 2.45) is 11.7 Å². The fraction of sp³-hybridized carbons (Fsp3) is 0.714. The van der Waals surface area contributed by atoms with Crippen LogP contribution in [-0.4, -0.2) is 23.5 Å². The number of rotatable bonds is 2. The molecule has 0 aromatic carbocycles. The molecule has 1 aliphatic heterocycles. The number of hydrogen-bond acceptors (Lipinski definition) is 3. The van der Waals surface area contributed by atoms with Crippen molar-refractivity contribution in [1.82, 2.24) is 4.90 Å². The van der Waals surface area contributed by atoms with Gasteiger partial charge in [-0.2, -0.15) is 0 Å². The first-order valence-corrected chi connectivity index (χ1v) is 7.36. The maximum atomic E-state index is 6.13. The summed E-state index contributed by atoms with van der Waals surface area (Å²) in [6.07, 6.45) is 1.13. The molecule has 3 heteroatoms. The molecule has 0 radical (unpaired) electrons. The van der Waals surface area contributed by atoms with Crippen LogP contribution in [0.3, 0.4) is 0 Å². The van der Waals surface area contributed by atoms with Gasteiger partial charge in [0.15, 0.2) is 0 Å². The third-order valence-electron chi connectivity index (χ3n) is 4.34. The highest BCUT2D eigenvalue weighted by molar-refractivity contribution is 7.12. The van der Waals surface area contributed by atoms with Gasteiger partial charge in [-0.1, -0.05) is 6.92 Å². The SMILES string of the molecule is Cc1cc(CN2CCC(N)C(C)C2C)sc1C. The first-order valence-electron chi connectivity index (χ1n) is 6.54. The zero-order chi connectivity index (χ0) is 12.6. The zero-order valence-electron chi connectivity index (χ0n) is 11.4. The highest BCUT2D eigenvalue weighted by Gasteiger charge is 2.30. The Hall–Kier alpha value is -0.380. The van der Waals surface area contributed by atoms with Crippen LogP contribution in [0.25, 0.3) is 0 Å². The Kier molecular flexibility index (Phi) is 3.91. The summed E-state index contributed by atoms with van der Waals surface area (Å²) in [5.74, 6) is 0.603. The van der Waals surface area contributed by atoms with Gasteiger partial charge >= 0.3 is 0 Å². The molecule has 2 heterocycles. The molecule has 1 saturated heterocycles. The second-order valence-electron chi connectivity index (χ2n) is 5.47. The first kappa shape index (κ1) is 13.1. The summed E-state index contributed by atoms with van der Waals surface area (Å²) in [6.45, 7) is 11.2. The summed E-state index contributed by atoms with van der Waals surface area (Å²) in [4.78, 5) is 5.53. The summed E-state index contributed by atoms with van der Waals surface area (Å²) < 4.78 is 0. The van der Waals surface area contributed by atoms with E-state index in [-0.39, 0.29) is 0 Å². The molecule has 0 spiro atoms. The molecule has 1 aromatic rings. The van der Waals surface area contributed by atoms with Crippen LogP contribution in [0.4, 0.5) is 0 Å². The molecule has 0 bridgehead atoms. The predicted molar refractivity (Wildman–Crippen MR) is 75.4 cm³/mol. The van der Waals surface area contributed by atoms with Crippen molar-refractivity contribution in [3.8, 4) is 0 Å². The second kappa shape index (κ2) is 5.09. The average Bonchev–Trinajstić information content (AvgIpc) is 2.59. The van der Waals surface area contributed by atoms with Gasteiger partial charge in [0.05, 0.1) is 0 Å². The van der Waals surface area contributed by atoms with E-state index in [0.29, 0.717) is 18.0 Å². The normalized spacial score (nSPS) is 30.8. The topological polar surface area (TPSA) is 29.3 Å². The highest BCUT2D eigenvalue weighted by atomic mass is 32.1. The molecule has 1 fully saturated rings. The Morgan fingerprint density at radius 2 is 2.12 bits per heavy atom. The molecule has 2 rings (SSSR count). The molecule has 0 saturated carbocycles. The largest absolute Gasteiger partial charge is 0.327 e. The lowest BCUT2D eigenvalue weighted by Crippen LogP contribution is -2.51. The lowest BCUT2D eigenvalue weighted by atomic mass is 9.88. The van der Waals surface area contributed by atoms with Gasteiger partial charge in [-0.15, -0.1) is 11.3 Å². The van der Waals surface area contributed by atoms with Gasteiger partial charge in [0, 0.05) is 34.9 Å². The molecule has 0 amide bonds. The van der Waals surface area contributed by atoms with Crippen molar-refractivity contribution >= 4 is 11.3 Å². The number of nitrogens with two attached hydrogens (primary N) is 1. The van der Waals surface area contributed by atoms with Gasteiger partial charge in [-0.05, 0) is 44.7 Å². The standard InChI is InChI=1S/C14H24N2S/c1-9-7-13(17-12(9)4)8-16-6-5-14(15)10(2)11(16)3/h7,10-11,14H,5-6,8,15H2,1-4H3. The number of piperidine rings is 1. The predicted octanol–water partition coefficient (Wildman–Crippen LogP) is 2.92. The Morgan fingerprint density at radius 1 is 1.41 bits per heavy atom. The van der Waals surface area contributed by atoms with Crippen LogP contribution in [0, 0.1) is 19.8 Å². The average molecular weight is 252 g/mol. The van der Waals surface area contributed by atoms with Crippen molar-refractivity contribution in [3.05, 3.63) is 21.4 Å². The molecule has 3 unspecified atom stereocenters. The van der Waals surface area contributed by atoms with Gasteiger partial charge < -0.3 is 5.73 Å². The molecule has 0 aliphatic carbocycles. The van der Waals surface area contributed by atoms with E-state index >= 15 is 0 Å². The number of aryl methyl sites for hydroxylation is 2. The molecule has 1 aliphatic rings. The maximum Gasteiger partial charge on any atom is 0.0331 e. The lowest BCUT2D eigenvalue weighted by molar-refractivity contribution is 0.0920. The lowest BCUT2D eigenvalue weighted by Gasteiger charge is -2.41. The van der Waals surface area contributed by atoms with Crippen LogP contribution in [0.2, 0.25) is 0 Å². The van der Waals surface area contributed by atoms with E-state index in [1.54, 1.807) is 0 Å². The quantitative estimate of drug-likeness (QED) is 0.877. The maximum absolute atomic E-state index is 6.13. The van der Waals surface area contributed by atoms with E-state index in [0.717, 1.165) is 19.5 Å². The fourth-order valence-electron chi connectivity index (χ4n) is 2.62. The van der Waals surface area contributed by atoms with Crippen LogP contribution in [0.1, 0.15) is 35.6 Å². The van der Waals surface area contributed by atoms with Crippen molar-refractivity contribution in [1.29, 1.82) is 0 Å². The second-order valence-corrected chi connectivity index (χ2v) is 6.82. The highest BCUT2D eigenvalue weighted by Crippen LogP contribution is 2.27. The number of likely N-dealkylation sites (tertiary alicyclic amines) is 1. The van der Waals surface area contributed by atoms with Crippen LogP contribution < -0.4 is 5.73 Å². The molecule has 2 N–H and O–H groups in total. The van der Waals surface area contributed by atoms with Gasteiger partial charge in [0.2, 0.25) is 0 Å². The van der Waals surface area contributed by atoms with Crippen LogP contribution in [-0.2, 0) is 6.54 Å². The van der Waals surface area contributed by atoms with E-state index in [9.17, 15) is 0 Å². The summed E-state index contributed by atoms with van der Waals surface area (Å²) in [7, 11) is 0. The molecular formula is C14H24N2S. The number of hydrogen-bond donors (Lipinski definition) is 1. The van der Waals surface area contributed by atoms with Gasteiger partial charge in [0.1, 0.15) is 0 Å². The minimum absolute atomic E-state index is 0.382. The Bertz CT molecular complexity index is 366. The summed E-state index contributed by atoms with van der Waals surface area (Å²) >= 11 is 1.94. The van der Waals surface area contributed by atoms with E-state index in [1.165, 1.54) is 15.3 Å². The van der Waals surface area contributed by atoms with E-state index in [1.807, 2.05) is 11.3 Å². The molecule has 1 aromatic heterocycles. The summed E-state index contributed by atoms with van der Waals surface area (Å²) in [5.41, 5.74) is 7.56. The molecule has 17 heavy (non-hydrogen) atoms. The summed E-state index contributed by atoms with van der Waals surface area (Å²) in [5, 5.41) is 0. The zero-order valence-corrected chi connectivity index (χ0v) is 12.2. The number of nitrogens with zero attached hydrogens (tertiary/aromatic N) is 1. The van der Waals surface area contributed by atoms with Crippen LogP contribution >= 0.6 is 11.3 Å². The Morgan fingerprint density at radius 3 is 2.71 bits per heavy atom. The van der Waals surface area contributed by atoms with Crippen LogP contribution in [0.15, 0.2) is 6.07 Å². The smallest absolute Gasteiger partial charge is 0.0331 e. The Balaban J connectivity index is 2.04. The molecular weight excluding hydrogens is 228 g/mol. The third kappa shape index (κ3) is 2.72. The van der Waals surface area contributed by atoms with Gasteiger partial charge in [-0.3, -0.25) is 4.90 Å². The molecule has 96 valence electrons.